The molecule has 0 saturated heterocycles. The first-order valence-electron chi connectivity index (χ1n) is 11.7. The minimum Gasteiger partial charge on any atom is -0.299 e. The molecule has 8 heteroatoms. The van der Waals surface area contributed by atoms with Crippen LogP contribution in [0.15, 0.2) is 108 Å². The summed E-state index contributed by atoms with van der Waals surface area (Å²) in [4.78, 5) is 3.14. The van der Waals surface area contributed by atoms with E-state index in [4.69, 9.17) is 0 Å². The van der Waals surface area contributed by atoms with Crippen molar-refractivity contribution in [2.75, 3.05) is 9.80 Å². The lowest BCUT2D eigenvalue weighted by atomic mass is 10.1. The fourth-order valence-electron chi connectivity index (χ4n) is 3.97. The smallest absolute Gasteiger partial charge is 0.160 e. The summed E-state index contributed by atoms with van der Waals surface area (Å²) < 4.78 is 0. The third-order valence-corrected chi connectivity index (χ3v) is 5.90. The Bertz CT molecular complexity index is 1570. The van der Waals surface area contributed by atoms with E-state index in [1.54, 1.807) is 107 Å². The van der Waals surface area contributed by atoms with E-state index >= 15 is 0 Å². The second-order valence-corrected chi connectivity index (χ2v) is 8.23. The molecule has 0 aliphatic rings. The number of anilines is 4. The molecule has 0 spiro atoms. The van der Waals surface area contributed by atoms with Gasteiger partial charge < -0.3 is 0 Å². The fraction of sp³-hybridized carbons (Fsp3) is 0. The lowest BCUT2D eigenvalue weighted by molar-refractivity contribution is 1.11. The number of allylic oxidation sites excluding steroid dienone is 2. The molecule has 4 rings (SSSR count). The van der Waals surface area contributed by atoms with Crippen molar-refractivity contribution in [2.45, 2.75) is 0 Å². The first-order chi connectivity index (χ1) is 19.6. The Labute approximate surface area is 231 Å². The molecule has 184 valence electrons. The Kier molecular flexibility index (Phi) is 7.82. The average Bonchev–Trinajstić information content (AvgIpc) is 3.03. The van der Waals surface area contributed by atoms with Crippen molar-refractivity contribution >= 4 is 22.7 Å². The van der Waals surface area contributed by atoms with Crippen molar-refractivity contribution in [2.24, 2.45) is 0 Å². The van der Waals surface area contributed by atoms with Gasteiger partial charge in [-0.25, -0.2) is 0 Å². The molecular weight excluding hydrogens is 496 g/mol. The molecule has 40 heavy (non-hydrogen) atoms. The van der Waals surface area contributed by atoms with Crippen molar-refractivity contribution in [1.82, 2.24) is 0 Å². The molecule has 0 aliphatic carbocycles. The van der Waals surface area contributed by atoms with Crippen LogP contribution in [0.4, 0.5) is 22.7 Å². The summed E-state index contributed by atoms with van der Waals surface area (Å²) in [6.45, 7) is 0. The largest absolute Gasteiger partial charge is 0.299 e. The van der Waals surface area contributed by atoms with Gasteiger partial charge in [0.25, 0.3) is 0 Å². The van der Waals surface area contributed by atoms with Crippen LogP contribution >= 0.6 is 0 Å². The minimum atomic E-state index is -0.0364. The lowest BCUT2D eigenvalue weighted by Crippen LogP contribution is -2.24. The number of hydrogen-bond donors (Lipinski definition) is 0. The van der Waals surface area contributed by atoms with Gasteiger partial charge in [-0.3, -0.25) is 9.80 Å². The Morgan fingerprint density at radius 3 is 0.700 bits per heavy atom. The molecule has 0 unspecified atom stereocenters. The van der Waals surface area contributed by atoms with Crippen molar-refractivity contribution in [3.8, 4) is 36.4 Å². The van der Waals surface area contributed by atoms with Gasteiger partial charge >= 0.3 is 0 Å². The highest BCUT2D eigenvalue weighted by atomic mass is 15.2. The number of rotatable bonds is 6. The quantitative estimate of drug-likeness (QED) is 0.269. The van der Waals surface area contributed by atoms with Gasteiger partial charge in [-0.2, -0.15) is 31.6 Å². The highest BCUT2D eigenvalue weighted by Crippen LogP contribution is 2.36. The second-order valence-electron chi connectivity index (χ2n) is 8.23. The molecule has 0 N–H and O–H groups in total. The van der Waals surface area contributed by atoms with E-state index in [0.29, 0.717) is 45.0 Å². The second kappa shape index (κ2) is 11.9. The first-order valence-corrected chi connectivity index (χ1v) is 11.7. The van der Waals surface area contributed by atoms with Gasteiger partial charge in [0.2, 0.25) is 0 Å². The maximum atomic E-state index is 10.5. The van der Waals surface area contributed by atoms with Crippen LogP contribution < -0.4 is 9.80 Å². The van der Waals surface area contributed by atoms with Crippen LogP contribution in [-0.4, -0.2) is 0 Å². The lowest BCUT2D eigenvalue weighted by Gasteiger charge is -2.30. The third-order valence-electron chi connectivity index (χ3n) is 5.90. The Hall–Kier alpha value is -6.84. The zero-order valence-corrected chi connectivity index (χ0v) is 20.8. The topological polar surface area (TPSA) is 149 Å². The van der Waals surface area contributed by atoms with Crippen LogP contribution in [0.3, 0.4) is 0 Å². The highest BCUT2D eigenvalue weighted by molar-refractivity contribution is 5.79. The number of hydrogen-bond acceptors (Lipinski definition) is 8. The first kappa shape index (κ1) is 26.2. The summed E-state index contributed by atoms with van der Waals surface area (Å²) in [6.07, 6.45) is 0. The highest BCUT2D eigenvalue weighted by Gasteiger charge is 2.25. The maximum absolute atomic E-state index is 10.5. The van der Waals surface area contributed by atoms with E-state index in [0.717, 1.165) is 0 Å². The van der Waals surface area contributed by atoms with E-state index in [1.165, 1.54) is 0 Å². The van der Waals surface area contributed by atoms with Gasteiger partial charge in [-0.15, -0.1) is 0 Å². The Morgan fingerprint density at radius 1 is 0.350 bits per heavy atom. The molecule has 0 aliphatic heterocycles. The molecular formula is C32H16N8. The average molecular weight is 513 g/mol. The van der Waals surface area contributed by atoms with E-state index in [-0.39, 0.29) is 11.4 Å². The zero-order valence-electron chi connectivity index (χ0n) is 20.8. The summed E-state index contributed by atoms with van der Waals surface area (Å²) in [5.41, 5.74) is 3.63. The SMILES string of the molecule is N#C/C(=C(\C#N)N(c1ccc(C#N)cc1)c1ccc(C#N)cc1)N(c1ccc(C#N)cc1)c1ccc(C#N)cc1. The van der Waals surface area contributed by atoms with Crippen molar-refractivity contribution in [1.29, 1.82) is 31.6 Å². The Balaban J connectivity index is 2.02. The van der Waals surface area contributed by atoms with Gasteiger partial charge in [0.15, 0.2) is 11.4 Å². The van der Waals surface area contributed by atoms with Gasteiger partial charge in [-0.05, 0) is 97.1 Å². The van der Waals surface area contributed by atoms with Crippen molar-refractivity contribution in [3.05, 3.63) is 131 Å². The molecule has 0 saturated carbocycles. The summed E-state index contributed by atoms with van der Waals surface area (Å²) in [5, 5.41) is 58.1. The molecule has 0 amide bonds. The van der Waals surface area contributed by atoms with Crippen LogP contribution in [0.5, 0.6) is 0 Å². The molecule has 0 atom stereocenters. The molecule has 8 nitrogen and oxygen atoms in total. The van der Waals surface area contributed by atoms with Crippen LogP contribution in [0, 0.1) is 68.0 Å². The van der Waals surface area contributed by atoms with E-state index in [2.05, 4.69) is 36.4 Å². The van der Waals surface area contributed by atoms with E-state index < -0.39 is 0 Å². The number of nitriles is 6. The standard InChI is InChI=1S/C32H16N8/c33-17-23-1-9-27(10-2-23)39(28-11-3-24(18-34)4-12-28)31(21-37)32(22-38)40(29-13-5-25(19-35)6-14-29)30-15-7-26(20-36)8-16-30/h1-16H/b32-31-. The minimum absolute atomic E-state index is 0.0364. The summed E-state index contributed by atoms with van der Waals surface area (Å²) in [6, 6.07) is 38.8. The Morgan fingerprint density at radius 2 is 0.550 bits per heavy atom. The number of nitrogens with zero attached hydrogens (tertiary/aromatic N) is 8. The molecule has 0 aromatic heterocycles. The monoisotopic (exact) mass is 512 g/mol. The molecule has 4 aromatic rings. The number of benzene rings is 4. The van der Waals surface area contributed by atoms with Crippen LogP contribution in [0.1, 0.15) is 22.3 Å². The normalized spacial score (nSPS) is 10.2. The fourth-order valence-corrected chi connectivity index (χ4v) is 3.97. The third kappa shape index (κ3) is 5.30. The molecule has 4 aromatic carbocycles. The van der Waals surface area contributed by atoms with Crippen molar-refractivity contribution < 1.29 is 0 Å². The summed E-state index contributed by atoms with van der Waals surface area (Å²) in [7, 11) is 0. The molecule has 0 fully saturated rings. The van der Waals surface area contributed by atoms with Crippen LogP contribution in [0.2, 0.25) is 0 Å². The predicted octanol–water partition coefficient (Wildman–Crippen LogP) is 6.41. The molecule has 0 radical (unpaired) electrons. The molecule has 0 heterocycles. The van der Waals surface area contributed by atoms with Gasteiger partial charge in [-0.1, -0.05) is 0 Å². The van der Waals surface area contributed by atoms with E-state index in [9.17, 15) is 31.6 Å². The van der Waals surface area contributed by atoms with Gasteiger partial charge in [0.05, 0.1) is 46.5 Å². The van der Waals surface area contributed by atoms with Crippen LogP contribution in [-0.2, 0) is 0 Å². The van der Waals surface area contributed by atoms with E-state index in [1.807, 2.05) is 0 Å². The summed E-state index contributed by atoms with van der Waals surface area (Å²) >= 11 is 0. The summed E-state index contributed by atoms with van der Waals surface area (Å²) in [5.74, 6) is 0. The van der Waals surface area contributed by atoms with Crippen LogP contribution in [0.25, 0.3) is 0 Å². The molecule has 0 bridgehead atoms. The maximum Gasteiger partial charge on any atom is 0.160 e. The van der Waals surface area contributed by atoms with Gasteiger partial charge in [0.1, 0.15) is 12.1 Å². The van der Waals surface area contributed by atoms with Gasteiger partial charge in [0, 0.05) is 22.7 Å². The zero-order chi connectivity index (χ0) is 28.5. The predicted molar refractivity (Wildman–Crippen MR) is 147 cm³/mol. The van der Waals surface area contributed by atoms with Crippen molar-refractivity contribution in [3.63, 3.8) is 0 Å².